The lowest BCUT2D eigenvalue weighted by atomic mass is 9.87. The van der Waals surface area contributed by atoms with Crippen LogP contribution in [0.1, 0.15) is 102 Å². The van der Waals surface area contributed by atoms with Crippen LogP contribution in [0.4, 0.5) is 0 Å². The van der Waals surface area contributed by atoms with Gasteiger partial charge in [-0.05, 0) is 68.7 Å². The maximum absolute atomic E-state index is 14.5. The van der Waals surface area contributed by atoms with E-state index >= 15 is 0 Å². The van der Waals surface area contributed by atoms with Crippen molar-refractivity contribution < 1.29 is 0 Å². The highest BCUT2D eigenvalue weighted by Crippen LogP contribution is 2.47. The molecule has 244 valence electrons. The molecular weight excluding hydrogens is 776 g/mol. The normalized spacial score (nSPS) is 12.8. The zero-order valence-electron chi connectivity index (χ0n) is 26.6. The molecule has 0 unspecified atom stereocenters. The van der Waals surface area contributed by atoms with Crippen LogP contribution in [-0.4, -0.2) is 18.8 Å². The molecule has 8 rings (SSSR count). The van der Waals surface area contributed by atoms with Crippen molar-refractivity contribution in [1.29, 1.82) is 0 Å². The van der Waals surface area contributed by atoms with Gasteiger partial charge in [-0.2, -0.15) is 0 Å². The fourth-order valence-electron chi connectivity index (χ4n) is 7.67. The SMILES string of the molecule is CCCCCCCCc1c(CCCCCCCC)c2c3c(sc4c(=O)n5c(nc6scc(Br)c65)c1c43)c(=O)n1c2nc2scc(Br)c21. The van der Waals surface area contributed by atoms with Gasteiger partial charge in [-0.1, -0.05) is 78.1 Å². The number of imidazole rings is 2. The van der Waals surface area contributed by atoms with Crippen LogP contribution in [0, 0.1) is 0 Å². The Kier molecular flexibility index (Phi) is 8.82. The number of rotatable bonds is 14. The van der Waals surface area contributed by atoms with E-state index in [1.54, 1.807) is 22.7 Å². The van der Waals surface area contributed by atoms with Gasteiger partial charge < -0.3 is 0 Å². The van der Waals surface area contributed by atoms with E-state index in [2.05, 4.69) is 45.7 Å². The summed E-state index contributed by atoms with van der Waals surface area (Å²) >= 11 is 11.9. The van der Waals surface area contributed by atoms with E-state index in [1.807, 2.05) is 19.6 Å². The van der Waals surface area contributed by atoms with Crippen molar-refractivity contribution in [3.05, 3.63) is 51.5 Å². The predicted molar refractivity (Wildman–Crippen MR) is 210 cm³/mol. The first-order valence-electron chi connectivity index (χ1n) is 17.0. The minimum atomic E-state index is -0.0929. The number of thiophene rings is 3. The highest BCUT2D eigenvalue weighted by atomic mass is 79.9. The Hall–Kier alpha value is -2.18. The third-order valence-corrected chi connectivity index (χ3v) is 14.6. The molecule has 7 aromatic heterocycles. The van der Waals surface area contributed by atoms with E-state index in [9.17, 15) is 9.59 Å². The zero-order chi connectivity index (χ0) is 32.4. The molecule has 0 saturated carbocycles. The summed E-state index contributed by atoms with van der Waals surface area (Å²) in [7, 11) is 0. The van der Waals surface area contributed by atoms with Crippen molar-refractivity contribution in [2.75, 3.05) is 0 Å². The summed E-state index contributed by atoms with van der Waals surface area (Å²) in [6.45, 7) is 4.52. The van der Waals surface area contributed by atoms with Crippen LogP contribution in [0.25, 0.3) is 62.9 Å². The van der Waals surface area contributed by atoms with E-state index in [4.69, 9.17) is 9.97 Å². The van der Waals surface area contributed by atoms with Gasteiger partial charge in [0.25, 0.3) is 11.1 Å². The average Bonchev–Trinajstić information content (AvgIpc) is 3.87. The molecule has 0 aliphatic rings. The Labute approximate surface area is 300 Å². The van der Waals surface area contributed by atoms with Crippen LogP contribution >= 0.6 is 65.9 Å². The molecule has 0 spiro atoms. The molecule has 7 heterocycles. The Balaban J connectivity index is 1.47. The van der Waals surface area contributed by atoms with Gasteiger partial charge in [0.05, 0.1) is 8.95 Å². The lowest BCUT2D eigenvalue weighted by Crippen LogP contribution is -2.14. The average molecular weight is 813 g/mol. The van der Waals surface area contributed by atoms with Crippen molar-refractivity contribution in [3.63, 3.8) is 0 Å². The second-order valence-electron chi connectivity index (χ2n) is 12.9. The summed E-state index contributed by atoms with van der Waals surface area (Å²) in [6.07, 6.45) is 16.4. The van der Waals surface area contributed by atoms with Crippen LogP contribution in [-0.2, 0) is 12.8 Å². The second kappa shape index (κ2) is 12.9. The number of aromatic nitrogens is 4. The minimum absolute atomic E-state index is 0.0929. The summed E-state index contributed by atoms with van der Waals surface area (Å²) < 4.78 is 6.69. The van der Waals surface area contributed by atoms with Crippen LogP contribution in [0.3, 0.4) is 0 Å². The summed E-state index contributed by atoms with van der Waals surface area (Å²) in [5.41, 5.74) is 5.54. The third-order valence-electron chi connectivity index (χ3n) is 9.87. The summed E-state index contributed by atoms with van der Waals surface area (Å²) in [4.78, 5) is 40.9. The number of nitrogens with zero attached hydrogens (tertiary/aromatic N) is 4. The molecule has 1 aromatic carbocycles. The smallest absolute Gasteiger partial charge is 0.267 e. The first kappa shape index (κ1) is 32.0. The van der Waals surface area contributed by atoms with E-state index < -0.39 is 0 Å². The molecule has 11 heteroatoms. The number of unbranched alkanes of at least 4 members (excludes halogenated alkanes) is 10. The molecule has 0 bridgehead atoms. The Morgan fingerprint density at radius 1 is 0.596 bits per heavy atom. The standard InChI is InChI=1S/C36H36Br2N4O2S3/c1-3-5-7-9-11-13-15-19-20(16-14-12-10-8-6-4-2)24-26-25-23(19)31-39-33-27(21(37)17-45-33)41(31)35(43)29(25)47-30(26)36(44)42-28-22(38)18-46-34(28)40-32(24)42/h17-18H,3-16H2,1-2H3. The number of fused-ring (bicyclic) bond motifs is 8. The molecule has 0 N–H and O–H groups in total. The Morgan fingerprint density at radius 2 is 1.00 bits per heavy atom. The van der Waals surface area contributed by atoms with E-state index in [0.717, 1.165) is 88.2 Å². The molecular formula is C36H36Br2N4O2S3. The van der Waals surface area contributed by atoms with E-state index in [-0.39, 0.29) is 11.1 Å². The van der Waals surface area contributed by atoms with Gasteiger partial charge in [0.15, 0.2) is 0 Å². The first-order valence-corrected chi connectivity index (χ1v) is 21.2. The lowest BCUT2D eigenvalue weighted by Gasteiger charge is -2.18. The summed E-state index contributed by atoms with van der Waals surface area (Å²) in [5, 5.41) is 8.00. The van der Waals surface area contributed by atoms with Gasteiger partial charge in [0.1, 0.15) is 41.4 Å². The van der Waals surface area contributed by atoms with Crippen molar-refractivity contribution in [2.24, 2.45) is 0 Å². The highest BCUT2D eigenvalue weighted by Gasteiger charge is 2.30. The molecule has 0 aliphatic heterocycles. The molecule has 0 saturated heterocycles. The number of pyridine rings is 2. The van der Waals surface area contributed by atoms with Crippen molar-refractivity contribution >= 4 is 129 Å². The minimum Gasteiger partial charge on any atom is -0.267 e. The molecule has 47 heavy (non-hydrogen) atoms. The fourth-order valence-corrected chi connectivity index (χ4v) is 12.0. The molecule has 6 nitrogen and oxygen atoms in total. The van der Waals surface area contributed by atoms with Crippen LogP contribution in [0.15, 0.2) is 29.3 Å². The fraction of sp³-hybridized carbons (Fsp3) is 0.444. The van der Waals surface area contributed by atoms with Crippen LogP contribution in [0.5, 0.6) is 0 Å². The first-order chi connectivity index (χ1) is 23.0. The van der Waals surface area contributed by atoms with Crippen molar-refractivity contribution in [3.8, 4) is 0 Å². The lowest BCUT2D eigenvalue weighted by molar-refractivity contribution is 0.600. The highest BCUT2D eigenvalue weighted by molar-refractivity contribution is 9.11. The Bertz CT molecular complexity index is 2370. The molecule has 0 atom stereocenters. The van der Waals surface area contributed by atoms with Crippen molar-refractivity contribution in [2.45, 2.75) is 104 Å². The number of hydrogen-bond donors (Lipinski definition) is 0. The number of hydrogen-bond acceptors (Lipinski definition) is 7. The second-order valence-corrected chi connectivity index (χ2v) is 17.3. The topological polar surface area (TPSA) is 68.7 Å². The predicted octanol–water partition coefficient (Wildman–Crippen LogP) is 11.9. The van der Waals surface area contributed by atoms with Crippen molar-refractivity contribution in [1.82, 2.24) is 18.8 Å². The van der Waals surface area contributed by atoms with E-state index in [0.29, 0.717) is 9.40 Å². The van der Waals surface area contributed by atoms with Gasteiger partial charge in [-0.25, -0.2) is 9.97 Å². The number of aryl methyl sites for hydroxylation is 2. The molecule has 0 radical (unpaired) electrons. The van der Waals surface area contributed by atoms with Gasteiger partial charge in [0, 0.05) is 32.3 Å². The summed E-state index contributed by atoms with van der Waals surface area (Å²) in [5.74, 6) is 0. The van der Waals surface area contributed by atoms with Gasteiger partial charge in [0.2, 0.25) is 0 Å². The van der Waals surface area contributed by atoms with Gasteiger partial charge in [-0.15, -0.1) is 34.0 Å². The maximum atomic E-state index is 14.5. The van der Waals surface area contributed by atoms with Crippen LogP contribution < -0.4 is 11.1 Å². The van der Waals surface area contributed by atoms with Gasteiger partial charge in [-0.3, -0.25) is 18.4 Å². The number of halogens is 2. The summed E-state index contributed by atoms with van der Waals surface area (Å²) in [6, 6.07) is 0. The molecule has 8 aromatic rings. The monoisotopic (exact) mass is 810 g/mol. The van der Waals surface area contributed by atoms with Gasteiger partial charge >= 0.3 is 0 Å². The Morgan fingerprint density at radius 3 is 1.43 bits per heavy atom. The largest absolute Gasteiger partial charge is 0.274 e. The zero-order valence-corrected chi connectivity index (χ0v) is 32.3. The molecule has 0 fully saturated rings. The number of benzene rings is 1. The maximum Gasteiger partial charge on any atom is 0.274 e. The molecule has 0 amide bonds. The van der Waals surface area contributed by atoms with E-state index in [1.165, 1.54) is 86.7 Å². The third kappa shape index (κ3) is 5.00. The molecule has 0 aliphatic carbocycles. The van der Waals surface area contributed by atoms with Crippen LogP contribution in [0.2, 0.25) is 0 Å². The quantitative estimate of drug-likeness (QED) is 0.0810.